The third-order valence-electron chi connectivity index (χ3n) is 3.25. The summed E-state index contributed by atoms with van der Waals surface area (Å²) in [6.07, 6.45) is 1.03. The van der Waals surface area contributed by atoms with Gasteiger partial charge in [-0.3, -0.25) is 0 Å². The standard InChI is InChI=1S/C13H19ClN2/c1-3-16-8-10(6-9(2)15)12-7-11(14)4-5-13(12)16/h4-5,7,9-10H,3,6,8,15H2,1-2H3. The topological polar surface area (TPSA) is 29.3 Å². The minimum Gasteiger partial charge on any atom is -0.371 e. The van der Waals surface area contributed by atoms with E-state index in [4.69, 9.17) is 17.3 Å². The van der Waals surface area contributed by atoms with Crippen molar-refractivity contribution >= 4 is 17.3 Å². The molecule has 1 aromatic carbocycles. The largest absolute Gasteiger partial charge is 0.371 e. The molecule has 2 N–H and O–H groups in total. The van der Waals surface area contributed by atoms with Crippen molar-refractivity contribution in [3.63, 3.8) is 0 Å². The Morgan fingerprint density at radius 2 is 2.31 bits per heavy atom. The number of hydrogen-bond acceptors (Lipinski definition) is 2. The summed E-state index contributed by atoms with van der Waals surface area (Å²) in [7, 11) is 0. The van der Waals surface area contributed by atoms with Crippen LogP contribution < -0.4 is 10.6 Å². The maximum absolute atomic E-state index is 6.07. The van der Waals surface area contributed by atoms with Gasteiger partial charge < -0.3 is 10.6 Å². The zero-order valence-electron chi connectivity index (χ0n) is 9.91. The van der Waals surface area contributed by atoms with E-state index in [1.807, 2.05) is 6.07 Å². The van der Waals surface area contributed by atoms with Gasteiger partial charge in [-0.1, -0.05) is 11.6 Å². The van der Waals surface area contributed by atoms with E-state index in [1.54, 1.807) is 0 Å². The number of rotatable bonds is 3. The number of halogens is 1. The van der Waals surface area contributed by atoms with E-state index in [2.05, 4.69) is 30.9 Å². The highest BCUT2D eigenvalue weighted by atomic mass is 35.5. The fourth-order valence-corrected chi connectivity index (χ4v) is 2.73. The predicted octanol–water partition coefficient (Wildman–Crippen LogP) is 3.00. The second kappa shape index (κ2) is 4.64. The molecule has 2 atom stereocenters. The van der Waals surface area contributed by atoms with Gasteiger partial charge in [-0.05, 0) is 44.0 Å². The van der Waals surface area contributed by atoms with Gasteiger partial charge in [0.25, 0.3) is 0 Å². The van der Waals surface area contributed by atoms with Crippen LogP contribution in [-0.4, -0.2) is 19.1 Å². The lowest BCUT2D eigenvalue weighted by Crippen LogP contribution is -2.24. The first-order valence-corrected chi connectivity index (χ1v) is 6.29. The summed E-state index contributed by atoms with van der Waals surface area (Å²) in [6.45, 7) is 6.38. The normalized spacial score (nSPS) is 21.0. The molecule has 0 saturated carbocycles. The molecule has 0 radical (unpaired) electrons. The number of nitrogens with zero attached hydrogens (tertiary/aromatic N) is 1. The van der Waals surface area contributed by atoms with Gasteiger partial charge in [-0.25, -0.2) is 0 Å². The van der Waals surface area contributed by atoms with Crippen molar-refractivity contribution in [2.45, 2.75) is 32.2 Å². The van der Waals surface area contributed by atoms with Crippen molar-refractivity contribution in [2.24, 2.45) is 5.73 Å². The fourth-order valence-electron chi connectivity index (χ4n) is 2.55. The number of likely N-dealkylation sites (N-methyl/N-ethyl adjacent to an activating group) is 1. The lowest BCUT2D eigenvalue weighted by molar-refractivity contribution is 0.567. The average Bonchev–Trinajstić information content (AvgIpc) is 2.55. The van der Waals surface area contributed by atoms with Crippen molar-refractivity contribution in [3.8, 4) is 0 Å². The first-order chi connectivity index (χ1) is 7.61. The zero-order chi connectivity index (χ0) is 11.7. The highest BCUT2D eigenvalue weighted by Gasteiger charge is 2.28. The van der Waals surface area contributed by atoms with Gasteiger partial charge in [-0.15, -0.1) is 0 Å². The Morgan fingerprint density at radius 1 is 1.56 bits per heavy atom. The summed E-state index contributed by atoms with van der Waals surface area (Å²) in [6, 6.07) is 6.44. The molecule has 1 aromatic rings. The third kappa shape index (κ3) is 2.18. The number of hydrogen-bond donors (Lipinski definition) is 1. The summed E-state index contributed by atoms with van der Waals surface area (Å²) < 4.78 is 0. The van der Waals surface area contributed by atoms with E-state index in [0.29, 0.717) is 5.92 Å². The minimum atomic E-state index is 0.244. The van der Waals surface area contributed by atoms with Crippen LogP contribution in [0.4, 0.5) is 5.69 Å². The van der Waals surface area contributed by atoms with E-state index in [1.165, 1.54) is 11.3 Å². The SMILES string of the molecule is CCN1CC(CC(C)N)c2cc(Cl)ccc21. The Kier molecular flexibility index (Phi) is 3.41. The molecule has 1 heterocycles. The smallest absolute Gasteiger partial charge is 0.0410 e. The van der Waals surface area contributed by atoms with E-state index in [-0.39, 0.29) is 6.04 Å². The average molecular weight is 239 g/mol. The van der Waals surface area contributed by atoms with Gasteiger partial charge in [-0.2, -0.15) is 0 Å². The summed E-state index contributed by atoms with van der Waals surface area (Å²) in [5, 5.41) is 0.825. The van der Waals surface area contributed by atoms with Gasteiger partial charge in [0.1, 0.15) is 0 Å². The molecule has 16 heavy (non-hydrogen) atoms. The number of anilines is 1. The summed E-state index contributed by atoms with van der Waals surface area (Å²) in [5.41, 5.74) is 8.60. The molecule has 88 valence electrons. The lowest BCUT2D eigenvalue weighted by Gasteiger charge is -2.17. The Hall–Kier alpha value is -0.730. The van der Waals surface area contributed by atoms with Gasteiger partial charge >= 0.3 is 0 Å². The van der Waals surface area contributed by atoms with Gasteiger partial charge in [0.2, 0.25) is 0 Å². The number of fused-ring (bicyclic) bond motifs is 1. The molecule has 0 saturated heterocycles. The molecular weight excluding hydrogens is 220 g/mol. The Labute approximate surface area is 102 Å². The molecular formula is C13H19ClN2. The van der Waals surface area contributed by atoms with Crippen LogP contribution >= 0.6 is 11.6 Å². The second-order valence-electron chi connectivity index (χ2n) is 4.65. The van der Waals surface area contributed by atoms with Crippen LogP contribution in [0.25, 0.3) is 0 Å². The molecule has 2 nitrogen and oxygen atoms in total. The molecule has 0 spiro atoms. The fraction of sp³-hybridized carbons (Fsp3) is 0.538. The molecule has 2 rings (SSSR count). The first-order valence-electron chi connectivity index (χ1n) is 5.91. The first kappa shape index (κ1) is 11.7. The number of benzene rings is 1. The lowest BCUT2D eigenvalue weighted by atomic mass is 9.95. The molecule has 1 aliphatic rings. The molecule has 0 aliphatic carbocycles. The van der Waals surface area contributed by atoms with E-state index in [0.717, 1.165) is 24.5 Å². The van der Waals surface area contributed by atoms with Crippen LogP contribution in [0.2, 0.25) is 5.02 Å². The maximum atomic E-state index is 6.07. The van der Waals surface area contributed by atoms with Gasteiger partial charge in [0.15, 0.2) is 0 Å². The van der Waals surface area contributed by atoms with Crippen molar-refractivity contribution < 1.29 is 0 Å². The van der Waals surface area contributed by atoms with Crippen LogP contribution in [0, 0.1) is 0 Å². The van der Waals surface area contributed by atoms with Crippen molar-refractivity contribution in [1.29, 1.82) is 0 Å². The minimum absolute atomic E-state index is 0.244. The molecule has 0 aromatic heterocycles. The predicted molar refractivity (Wildman–Crippen MR) is 70.3 cm³/mol. The molecule has 1 aliphatic heterocycles. The van der Waals surface area contributed by atoms with E-state index < -0.39 is 0 Å². The molecule has 0 fully saturated rings. The maximum Gasteiger partial charge on any atom is 0.0410 e. The molecule has 0 amide bonds. The third-order valence-corrected chi connectivity index (χ3v) is 3.48. The Balaban J connectivity index is 2.31. The highest BCUT2D eigenvalue weighted by Crippen LogP contribution is 2.39. The van der Waals surface area contributed by atoms with Gasteiger partial charge in [0, 0.05) is 35.8 Å². The van der Waals surface area contributed by atoms with Crippen LogP contribution in [0.5, 0.6) is 0 Å². The van der Waals surface area contributed by atoms with Crippen LogP contribution in [0.15, 0.2) is 18.2 Å². The van der Waals surface area contributed by atoms with Crippen LogP contribution in [-0.2, 0) is 0 Å². The van der Waals surface area contributed by atoms with Crippen LogP contribution in [0.1, 0.15) is 31.7 Å². The molecule has 3 heteroatoms. The summed E-state index contributed by atoms with van der Waals surface area (Å²) in [5.74, 6) is 0.536. The monoisotopic (exact) mass is 238 g/mol. The van der Waals surface area contributed by atoms with Crippen molar-refractivity contribution in [3.05, 3.63) is 28.8 Å². The summed E-state index contributed by atoms with van der Waals surface area (Å²) >= 11 is 6.07. The van der Waals surface area contributed by atoms with Gasteiger partial charge in [0.05, 0.1) is 0 Å². The van der Waals surface area contributed by atoms with E-state index >= 15 is 0 Å². The Bertz CT molecular complexity index is 376. The zero-order valence-corrected chi connectivity index (χ0v) is 10.7. The Morgan fingerprint density at radius 3 is 2.94 bits per heavy atom. The van der Waals surface area contributed by atoms with Crippen LogP contribution in [0.3, 0.4) is 0 Å². The van der Waals surface area contributed by atoms with E-state index in [9.17, 15) is 0 Å². The highest BCUT2D eigenvalue weighted by molar-refractivity contribution is 6.30. The summed E-state index contributed by atoms with van der Waals surface area (Å²) in [4.78, 5) is 2.40. The van der Waals surface area contributed by atoms with Crippen molar-refractivity contribution in [1.82, 2.24) is 0 Å². The molecule has 2 unspecified atom stereocenters. The molecule has 0 bridgehead atoms. The quantitative estimate of drug-likeness (QED) is 0.877. The van der Waals surface area contributed by atoms with Crippen molar-refractivity contribution in [2.75, 3.05) is 18.0 Å². The second-order valence-corrected chi connectivity index (χ2v) is 5.09. The number of nitrogens with two attached hydrogens (primary N) is 1.